The normalized spacial score (nSPS) is 37.9. The summed E-state index contributed by atoms with van der Waals surface area (Å²) in [6.45, 7) is -4.42. The Morgan fingerprint density at radius 1 is 0.301 bits per heavy atom. The van der Waals surface area contributed by atoms with Gasteiger partial charge in [0.05, 0.1) is 19.8 Å². The summed E-state index contributed by atoms with van der Waals surface area (Å²) in [6, 6.07) is 0. The molecule has 0 aromatic rings. The molecule has 0 radical (unpaired) electrons. The molecule has 25 atom stereocenters. The lowest BCUT2D eigenvalue weighted by atomic mass is 9.94. The van der Waals surface area contributed by atoms with Gasteiger partial charge in [0.25, 0.3) is 0 Å². The zero-order chi connectivity index (χ0) is 70.5. The molecule has 5 saturated heterocycles. The van der Waals surface area contributed by atoms with Crippen molar-refractivity contribution in [3.05, 3.63) is 0 Å². The van der Waals surface area contributed by atoms with Gasteiger partial charge in [0.1, 0.15) is 97.7 Å². The molecule has 0 amide bonds. The van der Waals surface area contributed by atoms with Crippen molar-refractivity contribution in [3.8, 4) is 0 Å². The highest BCUT2D eigenvalue weighted by molar-refractivity contribution is 7.82. The molecule has 1 unspecified atom stereocenters. The first kappa shape index (κ1) is 81.0. The Morgan fingerprint density at radius 3 is 0.849 bits per heavy atom. The average molecular weight is 1520 g/mol. The summed E-state index contributed by atoms with van der Waals surface area (Å²) in [5.41, 5.74) is 0. The summed E-state index contributed by atoms with van der Waals surface area (Å²) in [4.78, 5) is 26.5. The van der Waals surface area contributed by atoms with E-state index in [1.54, 1.807) is 0 Å². The van der Waals surface area contributed by atoms with Gasteiger partial charge in [-0.05, 0) is 0 Å². The third-order valence-electron chi connectivity index (χ3n) is 13.4. The zero-order valence-electron chi connectivity index (χ0n) is 47.8. The van der Waals surface area contributed by atoms with E-state index in [1.165, 1.54) is 0 Å². The van der Waals surface area contributed by atoms with Crippen molar-refractivity contribution < 1.29 is 221 Å². The highest BCUT2D eigenvalue weighted by atomic mass is 32.3. The van der Waals surface area contributed by atoms with Crippen LogP contribution < -0.4 is 0 Å². The topological polar surface area (TPSA) is 688 Å². The fraction of sp³-hybridized carbons (Fsp3) is 0.946. The first-order valence-electron chi connectivity index (χ1n) is 24.9. The predicted molar refractivity (Wildman–Crippen MR) is 274 cm³/mol. The molecule has 5 aliphatic heterocycles. The third-order valence-corrected chi connectivity index (χ3v) is 16.6. The number of aliphatic hydroxyl groups excluding tert-OH is 1. The number of carboxylic acid groups (broad SMARTS) is 2. The van der Waals surface area contributed by atoms with Crippen molar-refractivity contribution in [2.24, 2.45) is 0 Å². The zero-order valence-corrected chi connectivity index (χ0v) is 53.5. The maximum atomic E-state index is 13.3. The summed E-state index contributed by atoms with van der Waals surface area (Å²) in [5, 5.41) is 32.0. The molecule has 5 rings (SSSR count). The van der Waals surface area contributed by atoms with E-state index in [9.17, 15) is 116 Å². The summed E-state index contributed by atoms with van der Waals surface area (Å²) in [7, 11) is -34.3. The lowest BCUT2D eigenvalue weighted by molar-refractivity contribution is -0.388. The molecule has 0 aromatic carbocycles. The summed E-state index contributed by atoms with van der Waals surface area (Å²) < 4.78 is 359. The van der Waals surface area contributed by atoms with Crippen LogP contribution in [0.5, 0.6) is 0 Å². The number of aliphatic carboxylic acids is 2. The number of rotatable bonds is 34. The van der Waals surface area contributed by atoms with E-state index in [2.05, 4.69) is 20.9 Å². The minimum Gasteiger partial charge on any atom is -0.479 e. The number of aliphatic hydroxyl groups is 1. The van der Waals surface area contributed by atoms with Crippen molar-refractivity contribution in [1.82, 2.24) is 0 Å². The maximum Gasteiger partial charge on any atom is 0.397 e. The second-order valence-electron chi connectivity index (χ2n) is 19.1. The molecule has 0 bridgehead atoms. The number of carboxylic acids is 2. The SMILES string of the molecule is CO[C@@H]1[C@H](OC)[C@H](O[C@@H]2[C@H](OC)[C@@H](OC)[C@@H](O[C@@H]3[C@H](OS(=O)(=O)O)[C@H](OS(=O)(=O)O)[C@@H](O[C@H]4C(C(=O)O)O[C@H](O[C@H]5[C@@H](OS(=O)(=O)O)[C@H](OS(=O)(=O)O)[C@@H](O)O[C@@H]5COS(=O)(=O)O)[C@@H](OC)[C@@H]4OC)O[C@@H]3COS(=O)(=O)O)O[C@H]2C(=O)O)O[C@@H](COS(=O)(=O)O)[C@@H]1OC. The van der Waals surface area contributed by atoms with Crippen LogP contribution in [0.1, 0.15) is 0 Å². The van der Waals surface area contributed by atoms with Gasteiger partial charge in [-0.25, -0.2) is 38.9 Å². The molecular formula is C37H62O49S7. The highest BCUT2D eigenvalue weighted by Crippen LogP contribution is 2.41. The Labute approximate surface area is 526 Å². The van der Waals surface area contributed by atoms with Crippen LogP contribution in [0.2, 0.25) is 0 Å². The standard InChI is InChI=1S/C37H62O49S7/c1-64-14-11(8-71-87(43,44)45)75-34(27(68-5)17(14)65-2)79-20-18(66-3)28(69-6)36(81-24(20)31(38)39)78-16-13(10-73-89(49,50)51)76-37(30(86-93(61,62)63)23(16)84-91(55,56)57)80-21-19(67-4)29(70-7)35(82-25(21)32(40)41)77-15-12(9-72-88(46,47)48)74-33(42)26(85-92(58,59)60)22(15)83-90(52,53)54/h11-30,33-37,42H,8-10H2,1-7H3,(H,38,39)(H,40,41)(H,43,44,45)(H,46,47,48)(H,49,50,51)(H,52,53,54)(H,55,56,57)(H,58,59,60)(H,61,62,63)/t11-,12+,13+,14-,15+,16-,17-,18-,19+,20+,21+,22+,23-,24+,25?,26-,27-,28+,29-,30-,33-,34-,35-,36-,37+/m0/s1. The number of hydrogen-bond acceptors (Lipinski definition) is 40. The highest BCUT2D eigenvalue weighted by Gasteiger charge is 2.62. The third kappa shape index (κ3) is 22.7. The van der Waals surface area contributed by atoms with Crippen molar-refractivity contribution in [1.29, 1.82) is 0 Å². The molecule has 49 nitrogen and oxygen atoms in total. The fourth-order valence-corrected chi connectivity index (χ4v) is 12.9. The van der Waals surface area contributed by atoms with E-state index < -0.39 is 258 Å². The summed E-state index contributed by atoms with van der Waals surface area (Å²) >= 11 is 0. The van der Waals surface area contributed by atoms with Crippen LogP contribution in [0.15, 0.2) is 0 Å². The van der Waals surface area contributed by atoms with Gasteiger partial charge in [0, 0.05) is 49.8 Å². The molecule has 5 aliphatic rings. The monoisotopic (exact) mass is 1510 g/mol. The fourth-order valence-electron chi connectivity index (χ4n) is 10.0. The van der Waals surface area contributed by atoms with Gasteiger partial charge in [-0.15, -0.1) is 0 Å². The Balaban J connectivity index is 1.62. The summed E-state index contributed by atoms with van der Waals surface area (Å²) in [6.07, 6.45) is -60.2. The Hall–Kier alpha value is -2.65. The van der Waals surface area contributed by atoms with Gasteiger partial charge in [-0.3, -0.25) is 31.9 Å². The van der Waals surface area contributed by atoms with Gasteiger partial charge in [0.2, 0.25) is 0 Å². The van der Waals surface area contributed by atoms with Crippen LogP contribution in [0.4, 0.5) is 0 Å². The Kier molecular flexibility index (Phi) is 28.4. The molecule has 56 heteroatoms. The molecular weight excluding hydrogens is 1450 g/mol. The molecule has 546 valence electrons. The smallest absolute Gasteiger partial charge is 0.397 e. The average Bonchev–Trinajstić information content (AvgIpc) is 0.770. The number of carbonyl (C=O) groups is 2. The molecule has 5 heterocycles. The van der Waals surface area contributed by atoms with Gasteiger partial charge < -0.3 is 91.1 Å². The van der Waals surface area contributed by atoms with E-state index >= 15 is 0 Å². The second kappa shape index (κ2) is 32.6. The van der Waals surface area contributed by atoms with Crippen molar-refractivity contribution in [2.45, 2.75) is 154 Å². The maximum absolute atomic E-state index is 13.3. The van der Waals surface area contributed by atoms with Crippen molar-refractivity contribution >= 4 is 84.7 Å². The molecule has 10 N–H and O–H groups in total. The quantitative estimate of drug-likeness (QED) is 0.0268. The minimum absolute atomic E-state index is 0.691. The van der Waals surface area contributed by atoms with Crippen LogP contribution in [-0.4, -0.2) is 341 Å². The summed E-state index contributed by atoms with van der Waals surface area (Å²) in [5.74, 6) is -4.31. The molecule has 0 spiro atoms. The van der Waals surface area contributed by atoms with Gasteiger partial charge in [0.15, 0.2) is 55.9 Å². The Morgan fingerprint density at radius 2 is 0.548 bits per heavy atom. The van der Waals surface area contributed by atoms with E-state index in [1.807, 2.05) is 0 Å². The lowest BCUT2D eigenvalue weighted by Crippen LogP contribution is -2.70. The molecule has 5 fully saturated rings. The van der Waals surface area contributed by atoms with Crippen LogP contribution >= 0.6 is 0 Å². The molecule has 93 heavy (non-hydrogen) atoms. The van der Waals surface area contributed by atoms with E-state index in [0.717, 1.165) is 35.5 Å². The van der Waals surface area contributed by atoms with Gasteiger partial charge >= 0.3 is 84.7 Å². The minimum atomic E-state index is -6.20. The van der Waals surface area contributed by atoms with Crippen LogP contribution in [-0.2, 0) is 187 Å². The van der Waals surface area contributed by atoms with Gasteiger partial charge in [-0.2, -0.15) is 58.9 Å². The van der Waals surface area contributed by atoms with Gasteiger partial charge in [-0.1, -0.05) is 0 Å². The largest absolute Gasteiger partial charge is 0.479 e. The number of hydrogen-bond donors (Lipinski definition) is 10. The second-order valence-corrected chi connectivity index (χ2v) is 26.5. The van der Waals surface area contributed by atoms with E-state index in [4.69, 9.17) is 84.2 Å². The number of methoxy groups -OCH3 is 7. The van der Waals surface area contributed by atoms with Crippen LogP contribution in [0.25, 0.3) is 0 Å². The first-order chi connectivity index (χ1) is 42.7. The predicted octanol–water partition coefficient (Wildman–Crippen LogP) is -8.37. The van der Waals surface area contributed by atoms with Crippen LogP contribution in [0, 0.1) is 0 Å². The lowest BCUT2D eigenvalue weighted by Gasteiger charge is -2.51. The molecule has 0 aliphatic carbocycles. The number of ether oxygens (including phenoxy) is 16. The van der Waals surface area contributed by atoms with E-state index in [0.29, 0.717) is 14.2 Å². The van der Waals surface area contributed by atoms with Crippen LogP contribution in [0.3, 0.4) is 0 Å². The molecule has 0 saturated carbocycles. The first-order valence-corrected chi connectivity index (χ1v) is 34.5. The van der Waals surface area contributed by atoms with E-state index in [-0.39, 0.29) is 0 Å². The van der Waals surface area contributed by atoms with Crippen molar-refractivity contribution in [2.75, 3.05) is 69.6 Å². The molecule has 0 aromatic heterocycles. The van der Waals surface area contributed by atoms with Crippen molar-refractivity contribution in [3.63, 3.8) is 0 Å². The Bertz CT molecular complexity index is 3320.